The Morgan fingerprint density at radius 2 is 1.68 bits per heavy atom. The molecule has 2 aliphatic carbocycles. The number of rotatable bonds is 6. The van der Waals surface area contributed by atoms with Gasteiger partial charge >= 0.3 is 5.97 Å². The van der Waals surface area contributed by atoms with E-state index >= 15 is 4.39 Å². The summed E-state index contributed by atoms with van der Waals surface area (Å²) in [5.74, 6) is -1.00. The molecule has 2 aromatic carbocycles. The Labute approximate surface area is 216 Å². The second-order valence-corrected chi connectivity index (χ2v) is 10.8. The van der Waals surface area contributed by atoms with Crippen LogP contribution in [0.1, 0.15) is 90.1 Å². The van der Waals surface area contributed by atoms with Crippen LogP contribution < -0.4 is 0 Å². The summed E-state index contributed by atoms with van der Waals surface area (Å²) in [7, 11) is 0. The molecule has 1 amide bonds. The second-order valence-electron chi connectivity index (χ2n) is 10.8. The van der Waals surface area contributed by atoms with Crippen molar-refractivity contribution in [3.8, 4) is 16.8 Å². The molecule has 1 aromatic heterocycles. The molecule has 7 heteroatoms. The van der Waals surface area contributed by atoms with Crippen molar-refractivity contribution in [2.75, 3.05) is 6.54 Å². The van der Waals surface area contributed by atoms with Crippen molar-refractivity contribution < 1.29 is 19.1 Å². The van der Waals surface area contributed by atoms with Gasteiger partial charge in [0, 0.05) is 24.1 Å². The van der Waals surface area contributed by atoms with Crippen molar-refractivity contribution in [1.29, 1.82) is 0 Å². The van der Waals surface area contributed by atoms with Gasteiger partial charge in [-0.25, -0.2) is 13.9 Å². The van der Waals surface area contributed by atoms with Gasteiger partial charge in [-0.15, -0.1) is 0 Å². The van der Waals surface area contributed by atoms with Crippen LogP contribution in [0.5, 0.6) is 0 Å². The number of hydrogen-bond donors (Lipinski definition) is 1. The first kappa shape index (κ1) is 23.9. The Morgan fingerprint density at radius 3 is 2.43 bits per heavy atom. The minimum atomic E-state index is -0.991. The summed E-state index contributed by atoms with van der Waals surface area (Å²) in [5.41, 5.74) is 2.70. The van der Waals surface area contributed by atoms with Crippen LogP contribution in [0.25, 0.3) is 16.8 Å². The summed E-state index contributed by atoms with van der Waals surface area (Å²) in [6.45, 7) is 0.689. The molecule has 1 N–H and O–H groups in total. The molecule has 2 saturated carbocycles. The van der Waals surface area contributed by atoms with Gasteiger partial charge in [0.25, 0.3) is 5.91 Å². The van der Waals surface area contributed by atoms with Crippen LogP contribution in [-0.2, 0) is 0 Å². The van der Waals surface area contributed by atoms with Crippen LogP contribution >= 0.6 is 0 Å². The first-order chi connectivity index (χ1) is 18.0. The normalized spacial score (nSPS) is 20.4. The molecule has 1 atom stereocenters. The third kappa shape index (κ3) is 4.45. The van der Waals surface area contributed by atoms with Gasteiger partial charge in [0.15, 0.2) is 0 Å². The van der Waals surface area contributed by atoms with Gasteiger partial charge in [0.1, 0.15) is 11.4 Å². The number of carbonyl (C=O) groups is 2. The van der Waals surface area contributed by atoms with E-state index in [4.69, 9.17) is 0 Å². The zero-order chi connectivity index (χ0) is 25.5. The number of aromatic nitrogens is 2. The number of nitrogens with zero attached hydrogens (tertiary/aromatic N) is 3. The highest BCUT2D eigenvalue weighted by Crippen LogP contribution is 2.43. The van der Waals surface area contributed by atoms with E-state index in [2.05, 4.69) is 5.10 Å². The average Bonchev–Trinajstić information content (AvgIpc) is 3.41. The number of piperidine rings is 1. The van der Waals surface area contributed by atoms with Crippen LogP contribution in [0.2, 0.25) is 0 Å². The van der Waals surface area contributed by atoms with Crippen molar-refractivity contribution in [1.82, 2.24) is 14.7 Å². The first-order valence-electron chi connectivity index (χ1n) is 13.5. The number of amides is 1. The summed E-state index contributed by atoms with van der Waals surface area (Å²) in [6, 6.07) is 12.6. The highest BCUT2D eigenvalue weighted by atomic mass is 19.1. The van der Waals surface area contributed by atoms with E-state index in [-0.39, 0.29) is 29.0 Å². The Balaban J connectivity index is 1.33. The highest BCUT2D eigenvalue weighted by Gasteiger charge is 2.36. The number of carbonyl (C=O) groups excluding carboxylic acids is 1. The number of carboxylic acids is 1. The van der Waals surface area contributed by atoms with Crippen molar-refractivity contribution in [3.63, 3.8) is 0 Å². The largest absolute Gasteiger partial charge is 0.478 e. The molecule has 0 bridgehead atoms. The molecule has 1 saturated heterocycles. The maximum absolute atomic E-state index is 16.0. The van der Waals surface area contributed by atoms with Crippen LogP contribution in [0.4, 0.5) is 4.39 Å². The lowest BCUT2D eigenvalue weighted by atomic mass is 9.88. The van der Waals surface area contributed by atoms with Crippen molar-refractivity contribution in [3.05, 3.63) is 71.3 Å². The van der Waals surface area contributed by atoms with Crippen LogP contribution in [-0.4, -0.2) is 44.3 Å². The van der Waals surface area contributed by atoms with Gasteiger partial charge in [-0.1, -0.05) is 37.1 Å². The standard InChI is InChI=1S/C30H32FN3O3/c31-27-23(11-6-12-24(27)29(35)33-16-4-3-13-26(33)19-7-1-2-8-19)21-9-5-10-22(17-21)34-28(20-14-15-20)25(18-32-34)30(36)37/h5-6,9-12,17-20,26H,1-4,7-8,13-16H2,(H,36,37). The van der Waals surface area contributed by atoms with E-state index in [1.165, 1.54) is 19.0 Å². The molecule has 6 rings (SSSR count). The summed E-state index contributed by atoms with van der Waals surface area (Å²) >= 11 is 0. The molecular weight excluding hydrogens is 469 g/mol. The topological polar surface area (TPSA) is 75.4 Å². The SMILES string of the molecule is O=C(O)c1cnn(-c2cccc(-c3cccc(C(=O)N4CCCCC4C4CCCC4)c3F)c2)c1C1CC1. The summed E-state index contributed by atoms with van der Waals surface area (Å²) < 4.78 is 17.6. The number of carboxylic acid groups (broad SMARTS) is 1. The van der Waals surface area contributed by atoms with E-state index in [0.29, 0.717) is 35.0 Å². The third-order valence-corrected chi connectivity index (χ3v) is 8.39. The summed E-state index contributed by atoms with van der Waals surface area (Å²) in [5, 5.41) is 14.0. The molecule has 37 heavy (non-hydrogen) atoms. The van der Waals surface area contributed by atoms with Crippen LogP contribution in [0, 0.1) is 11.7 Å². The molecule has 6 nitrogen and oxygen atoms in total. The van der Waals surface area contributed by atoms with Gasteiger partial charge in [-0.05, 0) is 74.6 Å². The molecule has 3 aromatic rings. The lowest BCUT2D eigenvalue weighted by molar-refractivity contribution is 0.0513. The zero-order valence-corrected chi connectivity index (χ0v) is 20.9. The lowest BCUT2D eigenvalue weighted by Gasteiger charge is -2.39. The molecular formula is C30H32FN3O3. The maximum atomic E-state index is 16.0. The van der Waals surface area contributed by atoms with Gasteiger partial charge in [0.05, 0.1) is 23.1 Å². The van der Waals surface area contributed by atoms with E-state index in [1.807, 2.05) is 29.2 Å². The number of likely N-dealkylation sites (tertiary alicyclic amines) is 1. The number of aromatic carboxylic acids is 1. The third-order valence-electron chi connectivity index (χ3n) is 8.39. The van der Waals surface area contributed by atoms with Gasteiger partial charge < -0.3 is 10.0 Å². The minimum absolute atomic E-state index is 0.124. The van der Waals surface area contributed by atoms with Gasteiger partial charge in [-0.3, -0.25) is 4.79 Å². The van der Waals surface area contributed by atoms with Crippen LogP contribution in [0.3, 0.4) is 0 Å². The molecule has 3 fully saturated rings. The number of halogens is 1. The van der Waals surface area contributed by atoms with Gasteiger partial charge in [0.2, 0.25) is 0 Å². The molecule has 1 unspecified atom stereocenters. The predicted molar refractivity (Wildman–Crippen MR) is 139 cm³/mol. The monoisotopic (exact) mass is 501 g/mol. The molecule has 0 radical (unpaired) electrons. The second kappa shape index (κ2) is 9.77. The lowest BCUT2D eigenvalue weighted by Crippen LogP contribution is -2.47. The fourth-order valence-corrected chi connectivity index (χ4v) is 6.40. The van der Waals surface area contributed by atoms with Crippen molar-refractivity contribution in [2.24, 2.45) is 5.92 Å². The van der Waals surface area contributed by atoms with E-state index in [9.17, 15) is 14.7 Å². The maximum Gasteiger partial charge on any atom is 0.339 e. The summed E-state index contributed by atoms with van der Waals surface area (Å²) in [4.78, 5) is 27.3. The molecule has 2 heterocycles. The van der Waals surface area contributed by atoms with E-state index < -0.39 is 11.8 Å². The molecule has 3 aliphatic rings. The average molecular weight is 502 g/mol. The summed E-state index contributed by atoms with van der Waals surface area (Å²) in [6.07, 6.45) is 11.1. The Morgan fingerprint density at radius 1 is 0.919 bits per heavy atom. The number of hydrogen-bond acceptors (Lipinski definition) is 3. The zero-order valence-electron chi connectivity index (χ0n) is 20.9. The van der Waals surface area contributed by atoms with Gasteiger partial charge in [-0.2, -0.15) is 5.10 Å². The molecule has 1 aliphatic heterocycles. The fourth-order valence-electron chi connectivity index (χ4n) is 6.40. The van der Waals surface area contributed by atoms with E-state index in [1.54, 1.807) is 22.9 Å². The van der Waals surface area contributed by atoms with E-state index in [0.717, 1.165) is 44.9 Å². The smallest absolute Gasteiger partial charge is 0.339 e. The Kier molecular flexibility index (Phi) is 6.31. The van der Waals surface area contributed by atoms with Crippen molar-refractivity contribution >= 4 is 11.9 Å². The molecule has 0 spiro atoms. The molecule has 192 valence electrons. The fraction of sp³-hybridized carbons (Fsp3) is 0.433. The van der Waals surface area contributed by atoms with Crippen LogP contribution in [0.15, 0.2) is 48.7 Å². The van der Waals surface area contributed by atoms with Crippen molar-refractivity contribution in [2.45, 2.75) is 69.7 Å². The first-order valence-corrected chi connectivity index (χ1v) is 13.5. The quantitative estimate of drug-likeness (QED) is 0.422. The number of benzene rings is 2. The highest BCUT2D eigenvalue weighted by molar-refractivity contribution is 5.96. The predicted octanol–water partition coefficient (Wildman–Crippen LogP) is 6.44. The Bertz CT molecular complexity index is 1340. The Hall–Kier alpha value is -3.48. The minimum Gasteiger partial charge on any atom is -0.478 e.